The Kier molecular flexibility index (Phi) is 2.31. The minimum absolute atomic E-state index is 0.218. The summed E-state index contributed by atoms with van der Waals surface area (Å²) < 4.78 is 1.04. The molecule has 0 aliphatic heterocycles. The zero-order valence-electron chi connectivity index (χ0n) is 9.13. The molecule has 7 nitrogen and oxygen atoms in total. The van der Waals surface area contributed by atoms with Gasteiger partial charge in [0.25, 0.3) is 0 Å². The number of aromatic carboxylic acids is 2. The highest BCUT2D eigenvalue weighted by Gasteiger charge is 2.26. The maximum absolute atomic E-state index is 11.1. The summed E-state index contributed by atoms with van der Waals surface area (Å²) in [6.45, 7) is 3.47. The third-order valence-corrected chi connectivity index (χ3v) is 2.59. The molecule has 0 unspecified atom stereocenters. The van der Waals surface area contributed by atoms with Crippen LogP contribution in [0.5, 0.6) is 0 Å². The largest absolute Gasteiger partial charge is 0.478 e. The molecule has 7 heteroatoms. The van der Waals surface area contributed by atoms with Gasteiger partial charge in [0.15, 0.2) is 5.69 Å². The molecule has 0 atom stereocenters. The molecule has 0 saturated heterocycles. The molecular weight excluding hydrogens is 226 g/mol. The van der Waals surface area contributed by atoms with Gasteiger partial charge >= 0.3 is 11.9 Å². The molecule has 0 radical (unpaired) electrons. The molecule has 88 valence electrons. The Morgan fingerprint density at radius 1 is 1.24 bits per heavy atom. The van der Waals surface area contributed by atoms with E-state index in [1.54, 1.807) is 13.8 Å². The van der Waals surface area contributed by atoms with Crippen molar-refractivity contribution < 1.29 is 19.8 Å². The van der Waals surface area contributed by atoms with Gasteiger partial charge in [-0.3, -0.25) is 0 Å². The number of aryl methyl sites for hydroxylation is 2. The fourth-order valence-electron chi connectivity index (χ4n) is 1.61. The van der Waals surface area contributed by atoms with Gasteiger partial charge in [0.05, 0.1) is 6.20 Å². The molecule has 2 heterocycles. The van der Waals surface area contributed by atoms with Crippen molar-refractivity contribution in [1.82, 2.24) is 14.8 Å². The zero-order chi connectivity index (χ0) is 12.7. The SMILES string of the molecule is Cc1cnn2nc(C(=O)O)c(C(=O)O)c2c1C. The summed E-state index contributed by atoms with van der Waals surface area (Å²) in [6, 6.07) is 0. The topological polar surface area (TPSA) is 105 Å². The maximum Gasteiger partial charge on any atom is 0.357 e. The van der Waals surface area contributed by atoms with Crippen molar-refractivity contribution in [3.63, 3.8) is 0 Å². The zero-order valence-corrected chi connectivity index (χ0v) is 9.13. The highest BCUT2D eigenvalue weighted by molar-refractivity contribution is 6.06. The number of carboxylic acid groups (broad SMARTS) is 2. The molecule has 0 bridgehead atoms. The Labute approximate surface area is 95.3 Å². The molecule has 0 aromatic carbocycles. The number of hydrogen-bond acceptors (Lipinski definition) is 4. The minimum Gasteiger partial charge on any atom is -0.478 e. The summed E-state index contributed by atoms with van der Waals surface area (Å²) in [5.74, 6) is -2.71. The first kappa shape index (κ1) is 11.1. The van der Waals surface area contributed by atoms with Gasteiger partial charge in [-0.1, -0.05) is 0 Å². The monoisotopic (exact) mass is 235 g/mol. The number of fused-ring (bicyclic) bond motifs is 1. The molecule has 0 fully saturated rings. The highest BCUT2D eigenvalue weighted by atomic mass is 16.4. The van der Waals surface area contributed by atoms with Gasteiger partial charge in [-0.2, -0.15) is 5.10 Å². The molecular formula is C10H9N3O4. The Morgan fingerprint density at radius 2 is 1.88 bits per heavy atom. The Bertz CT molecular complexity index is 645. The fraction of sp³-hybridized carbons (Fsp3) is 0.200. The van der Waals surface area contributed by atoms with Crippen LogP contribution >= 0.6 is 0 Å². The van der Waals surface area contributed by atoms with Crippen molar-refractivity contribution in [3.05, 3.63) is 28.6 Å². The third kappa shape index (κ3) is 1.52. The van der Waals surface area contributed by atoms with Gasteiger partial charge in [-0.05, 0) is 25.0 Å². The van der Waals surface area contributed by atoms with Crippen molar-refractivity contribution in [2.24, 2.45) is 0 Å². The summed E-state index contributed by atoms with van der Waals surface area (Å²) in [5, 5.41) is 25.5. The van der Waals surface area contributed by atoms with E-state index in [1.165, 1.54) is 6.20 Å². The predicted molar refractivity (Wildman–Crippen MR) is 56.4 cm³/mol. The molecule has 0 saturated carbocycles. The molecule has 0 aliphatic rings. The van der Waals surface area contributed by atoms with Crippen LogP contribution in [-0.4, -0.2) is 37.0 Å². The van der Waals surface area contributed by atoms with Crippen LogP contribution in [-0.2, 0) is 0 Å². The summed E-state index contributed by atoms with van der Waals surface area (Å²) in [7, 11) is 0. The Hall–Kier alpha value is -2.44. The van der Waals surface area contributed by atoms with Gasteiger partial charge in [0.2, 0.25) is 0 Å². The molecule has 2 aromatic heterocycles. The number of nitrogens with zero attached hydrogens (tertiary/aromatic N) is 3. The lowest BCUT2D eigenvalue weighted by Crippen LogP contribution is -2.06. The first-order valence-corrected chi connectivity index (χ1v) is 4.75. The average Bonchev–Trinajstić information content (AvgIpc) is 2.63. The van der Waals surface area contributed by atoms with E-state index in [4.69, 9.17) is 10.2 Å². The van der Waals surface area contributed by atoms with E-state index in [-0.39, 0.29) is 11.1 Å². The molecule has 0 amide bonds. The lowest BCUT2D eigenvalue weighted by molar-refractivity contribution is 0.0649. The summed E-state index contributed by atoms with van der Waals surface area (Å²) in [5.41, 5.74) is 0.814. The molecule has 0 aliphatic carbocycles. The van der Waals surface area contributed by atoms with E-state index in [1.807, 2.05) is 0 Å². The first-order valence-electron chi connectivity index (χ1n) is 4.75. The van der Waals surface area contributed by atoms with E-state index in [2.05, 4.69) is 10.2 Å². The Morgan fingerprint density at radius 3 is 2.41 bits per heavy atom. The third-order valence-electron chi connectivity index (χ3n) is 2.59. The van der Waals surface area contributed by atoms with Crippen LogP contribution in [0, 0.1) is 13.8 Å². The number of hydrogen-bond donors (Lipinski definition) is 2. The lowest BCUT2D eigenvalue weighted by Gasteiger charge is -2.01. The van der Waals surface area contributed by atoms with Crippen molar-refractivity contribution in [3.8, 4) is 0 Å². The second kappa shape index (κ2) is 3.55. The standard InChI is InChI=1S/C10H9N3O4/c1-4-3-11-13-8(5(4)2)6(9(14)15)7(12-13)10(16)17/h3H,1-2H3,(H,14,15)(H,16,17). The summed E-state index contributed by atoms with van der Waals surface area (Å²) in [4.78, 5) is 22.0. The van der Waals surface area contributed by atoms with Crippen molar-refractivity contribution in [2.45, 2.75) is 13.8 Å². The van der Waals surface area contributed by atoms with E-state index in [0.717, 1.165) is 10.2 Å². The predicted octanol–water partition coefficient (Wildman–Crippen LogP) is 0.743. The number of carbonyl (C=O) groups is 2. The quantitative estimate of drug-likeness (QED) is 0.795. The smallest absolute Gasteiger partial charge is 0.357 e. The van der Waals surface area contributed by atoms with Crippen LogP contribution < -0.4 is 0 Å². The average molecular weight is 235 g/mol. The van der Waals surface area contributed by atoms with Gasteiger partial charge in [0.1, 0.15) is 11.1 Å². The molecule has 2 rings (SSSR count). The summed E-state index contributed by atoms with van der Waals surface area (Å²) >= 11 is 0. The van der Waals surface area contributed by atoms with Crippen molar-refractivity contribution in [2.75, 3.05) is 0 Å². The first-order chi connectivity index (χ1) is 7.93. The van der Waals surface area contributed by atoms with Gasteiger partial charge in [-0.25, -0.2) is 9.59 Å². The van der Waals surface area contributed by atoms with Crippen LogP contribution in [0.15, 0.2) is 6.20 Å². The molecule has 2 N–H and O–H groups in total. The van der Waals surface area contributed by atoms with Crippen LogP contribution in [0.1, 0.15) is 32.0 Å². The van der Waals surface area contributed by atoms with Gasteiger partial charge in [-0.15, -0.1) is 9.73 Å². The fourth-order valence-corrected chi connectivity index (χ4v) is 1.61. The van der Waals surface area contributed by atoms with E-state index >= 15 is 0 Å². The van der Waals surface area contributed by atoms with Crippen LogP contribution in [0.4, 0.5) is 0 Å². The van der Waals surface area contributed by atoms with E-state index in [0.29, 0.717) is 5.56 Å². The van der Waals surface area contributed by atoms with Gasteiger partial charge in [0, 0.05) is 0 Å². The minimum atomic E-state index is -1.38. The second-order valence-electron chi connectivity index (χ2n) is 3.62. The number of carboxylic acids is 2. The molecule has 17 heavy (non-hydrogen) atoms. The van der Waals surface area contributed by atoms with E-state index in [9.17, 15) is 9.59 Å². The second-order valence-corrected chi connectivity index (χ2v) is 3.62. The normalized spacial score (nSPS) is 10.7. The van der Waals surface area contributed by atoms with Gasteiger partial charge < -0.3 is 10.2 Å². The maximum atomic E-state index is 11.1. The lowest BCUT2D eigenvalue weighted by atomic mass is 10.1. The van der Waals surface area contributed by atoms with Crippen molar-refractivity contribution >= 4 is 17.5 Å². The van der Waals surface area contributed by atoms with E-state index < -0.39 is 17.6 Å². The van der Waals surface area contributed by atoms with Crippen LogP contribution in [0.25, 0.3) is 5.52 Å². The van der Waals surface area contributed by atoms with Crippen molar-refractivity contribution in [1.29, 1.82) is 0 Å². The highest BCUT2D eigenvalue weighted by Crippen LogP contribution is 2.20. The number of rotatable bonds is 2. The van der Waals surface area contributed by atoms with Crippen LogP contribution in [0.2, 0.25) is 0 Å². The number of aromatic nitrogens is 3. The van der Waals surface area contributed by atoms with Crippen LogP contribution in [0.3, 0.4) is 0 Å². The Balaban J connectivity index is 2.97. The molecule has 2 aromatic rings. The summed E-state index contributed by atoms with van der Waals surface area (Å²) in [6.07, 6.45) is 1.51. The molecule has 0 spiro atoms.